The highest BCUT2D eigenvalue weighted by Crippen LogP contribution is 1.78. The average Bonchev–Trinajstić information content (AvgIpc) is 1.61. The molecule has 0 heterocycles. The molecule has 0 aliphatic carbocycles. The Morgan fingerprint density at radius 1 is 1.75 bits per heavy atom. The third-order valence-corrected chi connectivity index (χ3v) is 0.436. The highest BCUT2D eigenvalue weighted by atomic mass is 16.6. The maximum atomic E-state index is 9.90. The van der Waals surface area contributed by atoms with Crippen molar-refractivity contribution < 1.29 is 19.7 Å². The number of aliphatic hydroxyl groups excluding tert-OH is 1. The largest absolute Gasteiger partial charge is 0.460 e. The molecule has 0 bridgehead atoms. The van der Waals surface area contributed by atoms with Crippen LogP contribution in [-0.4, -0.2) is 29.1 Å². The summed E-state index contributed by atoms with van der Waals surface area (Å²) in [7, 11) is 0. The third-order valence-electron chi connectivity index (χ3n) is 0.436. The van der Waals surface area contributed by atoms with Gasteiger partial charge >= 0.3 is 5.97 Å². The Morgan fingerprint density at radius 2 is 2.25 bits per heavy atom. The number of esters is 1. The van der Waals surface area contributed by atoms with Gasteiger partial charge in [-0.25, -0.2) is 0 Å². The van der Waals surface area contributed by atoms with Crippen LogP contribution in [-0.2, 0) is 9.53 Å². The van der Waals surface area contributed by atoms with E-state index < -0.39 is 12.3 Å². The zero-order valence-corrected chi connectivity index (χ0v) is 4.50. The van der Waals surface area contributed by atoms with Crippen LogP contribution in [0.3, 0.4) is 0 Å². The molecule has 48 valence electrons. The minimum atomic E-state index is -1.56. The number of hydrogen-bond acceptors (Lipinski definition) is 4. The van der Waals surface area contributed by atoms with Gasteiger partial charge in [0.2, 0.25) is 0 Å². The first-order valence-electron chi connectivity index (χ1n) is 2.12. The van der Waals surface area contributed by atoms with Gasteiger partial charge in [0.15, 0.2) is 6.29 Å². The van der Waals surface area contributed by atoms with Gasteiger partial charge in [-0.2, -0.15) is 0 Å². The summed E-state index contributed by atoms with van der Waals surface area (Å²) >= 11 is 0. The average molecular weight is 120 g/mol. The molecule has 0 aliphatic rings. The highest BCUT2D eigenvalue weighted by molar-refractivity contribution is 5.65. The summed E-state index contributed by atoms with van der Waals surface area (Å²) in [5, 5.41) is 16.2. The zero-order valence-electron chi connectivity index (χ0n) is 4.50. The lowest BCUT2D eigenvalue weighted by Gasteiger charge is -2.00. The summed E-state index contributed by atoms with van der Waals surface area (Å²) in [4.78, 5) is 9.90. The fourth-order valence-corrected chi connectivity index (χ4v) is 0.192. The van der Waals surface area contributed by atoms with Crippen molar-refractivity contribution >= 4 is 5.97 Å². The number of hydrogen-bond donors (Lipinski definition) is 2. The smallest absolute Gasteiger partial charge is 0.302 e. The van der Waals surface area contributed by atoms with Crippen LogP contribution in [0.2, 0.25) is 0 Å². The first-order valence-corrected chi connectivity index (χ1v) is 2.12. The molecule has 8 heavy (non-hydrogen) atoms. The lowest BCUT2D eigenvalue weighted by atomic mass is 10.7. The van der Waals surface area contributed by atoms with Crippen LogP contribution in [0.4, 0.5) is 0 Å². The van der Waals surface area contributed by atoms with Crippen molar-refractivity contribution in [2.24, 2.45) is 0 Å². The molecule has 0 aromatic rings. The van der Waals surface area contributed by atoms with Crippen molar-refractivity contribution in [3.8, 4) is 0 Å². The van der Waals surface area contributed by atoms with E-state index in [4.69, 9.17) is 10.2 Å². The molecule has 0 spiro atoms. The van der Waals surface area contributed by atoms with E-state index in [0.717, 1.165) is 0 Å². The topological polar surface area (TPSA) is 66.8 Å². The Bertz CT molecular complexity index is 78.1. The molecule has 0 fully saturated rings. The van der Waals surface area contributed by atoms with Gasteiger partial charge in [0, 0.05) is 6.92 Å². The molecule has 0 aliphatic heterocycles. The van der Waals surface area contributed by atoms with Crippen LogP contribution < -0.4 is 0 Å². The summed E-state index contributed by atoms with van der Waals surface area (Å²) in [5.41, 5.74) is 0. The van der Waals surface area contributed by atoms with Crippen molar-refractivity contribution in [1.29, 1.82) is 0 Å². The molecule has 4 nitrogen and oxygen atoms in total. The van der Waals surface area contributed by atoms with Gasteiger partial charge in [-0.15, -0.1) is 0 Å². The number of ether oxygens (including phenoxy) is 1. The molecule has 0 unspecified atom stereocenters. The zero-order chi connectivity index (χ0) is 6.57. The molecule has 4 heteroatoms. The number of rotatable bonds is 2. The molecule has 0 aromatic carbocycles. The predicted molar refractivity (Wildman–Crippen MR) is 24.9 cm³/mol. The summed E-state index contributed by atoms with van der Waals surface area (Å²) in [6.07, 6.45) is -1.56. The lowest BCUT2D eigenvalue weighted by molar-refractivity contribution is -0.153. The first kappa shape index (κ1) is 7.39. The van der Waals surface area contributed by atoms with Gasteiger partial charge in [0.1, 0.15) is 6.61 Å². The van der Waals surface area contributed by atoms with Crippen LogP contribution in [0.25, 0.3) is 0 Å². The lowest BCUT2D eigenvalue weighted by Crippen LogP contribution is -2.15. The van der Waals surface area contributed by atoms with Crippen molar-refractivity contribution in [3.05, 3.63) is 0 Å². The first-order chi connectivity index (χ1) is 3.63. The van der Waals surface area contributed by atoms with Gasteiger partial charge in [-0.3, -0.25) is 4.79 Å². The molecular formula is C4H8O4. The van der Waals surface area contributed by atoms with Crippen LogP contribution in [0, 0.1) is 0 Å². The number of aliphatic hydroxyl groups is 2. The summed E-state index contributed by atoms with van der Waals surface area (Å²) in [6.45, 7) is 0.845. The van der Waals surface area contributed by atoms with Crippen molar-refractivity contribution in [1.82, 2.24) is 0 Å². The van der Waals surface area contributed by atoms with Gasteiger partial charge in [-0.1, -0.05) is 0 Å². The van der Waals surface area contributed by atoms with E-state index >= 15 is 0 Å². The van der Waals surface area contributed by atoms with Crippen molar-refractivity contribution in [3.63, 3.8) is 0 Å². The normalized spacial score (nSPS) is 9.50. The molecular weight excluding hydrogens is 112 g/mol. The molecule has 0 atom stereocenters. The van der Waals surface area contributed by atoms with E-state index in [1.807, 2.05) is 0 Å². The maximum absolute atomic E-state index is 9.90. The van der Waals surface area contributed by atoms with Gasteiger partial charge in [-0.05, 0) is 0 Å². The van der Waals surface area contributed by atoms with Gasteiger partial charge < -0.3 is 14.9 Å². The second-order valence-electron chi connectivity index (χ2n) is 1.28. The summed E-state index contributed by atoms with van der Waals surface area (Å²) < 4.78 is 4.16. The fourth-order valence-electron chi connectivity index (χ4n) is 0.192. The Balaban J connectivity index is 3.05. The second-order valence-corrected chi connectivity index (χ2v) is 1.28. The Morgan fingerprint density at radius 3 is 2.38 bits per heavy atom. The number of carbonyl (C=O) groups is 1. The van der Waals surface area contributed by atoms with Crippen molar-refractivity contribution in [2.75, 3.05) is 6.61 Å². The Kier molecular flexibility index (Phi) is 3.14. The van der Waals surface area contributed by atoms with Gasteiger partial charge in [0.25, 0.3) is 0 Å². The van der Waals surface area contributed by atoms with E-state index in [1.165, 1.54) is 6.92 Å². The molecule has 0 saturated heterocycles. The molecule has 0 aromatic heterocycles. The van der Waals surface area contributed by atoms with Gasteiger partial charge in [0.05, 0.1) is 0 Å². The van der Waals surface area contributed by atoms with Crippen LogP contribution >= 0.6 is 0 Å². The van der Waals surface area contributed by atoms with Crippen LogP contribution in [0.5, 0.6) is 0 Å². The standard InChI is InChI=1S/C4H8O4/c1-3(5)8-2-4(6)7/h4,6-7H,2H2,1H3. The molecule has 0 amide bonds. The predicted octanol–water partition coefficient (Wildman–Crippen LogP) is -1.14. The quantitative estimate of drug-likeness (QED) is 0.357. The summed E-state index contributed by atoms with van der Waals surface area (Å²) in [5.74, 6) is -0.516. The van der Waals surface area contributed by atoms with Crippen LogP contribution in [0.15, 0.2) is 0 Å². The third kappa shape index (κ3) is 5.39. The number of carbonyl (C=O) groups excluding carboxylic acids is 1. The maximum Gasteiger partial charge on any atom is 0.302 e. The minimum absolute atomic E-state index is 0.352. The molecule has 2 N–H and O–H groups in total. The van der Waals surface area contributed by atoms with E-state index in [0.29, 0.717) is 0 Å². The fraction of sp³-hybridized carbons (Fsp3) is 0.750. The molecule has 0 saturated carbocycles. The van der Waals surface area contributed by atoms with Crippen LogP contribution in [0.1, 0.15) is 6.92 Å². The van der Waals surface area contributed by atoms with E-state index in [9.17, 15) is 4.79 Å². The molecule has 0 rings (SSSR count). The van der Waals surface area contributed by atoms with Crippen molar-refractivity contribution in [2.45, 2.75) is 13.2 Å². The SMILES string of the molecule is CC(=O)OCC(O)O. The molecule has 0 radical (unpaired) electrons. The van der Waals surface area contributed by atoms with E-state index in [2.05, 4.69) is 4.74 Å². The Labute approximate surface area is 46.7 Å². The van der Waals surface area contributed by atoms with E-state index in [1.54, 1.807) is 0 Å². The minimum Gasteiger partial charge on any atom is -0.460 e. The monoisotopic (exact) mass is 120 g/mol. The van der Waals surface area contributed by atoms with E-state index in [-0.39, 0.29) is 6.61 Å². The summed E-state index contributed by atoms with van der Waals surface area (Å²) in [6, 6.07) is 0. The Hall–Kier alpha value is -0.610. The second kappa shape index (κ2) is 3.40. The highest BCUT2D eigenvalue weighted by Gasteiger charge is 1.97.